The Hall–Kier alpha value is -1.59. The highest BCUT2D eigenvalue weighted by molar-refractivity contribution is 5.90. The van der Waals surface area contributed by atoms with Crippen molar-refractivity contribution < 1.29 is 19.1 Å². The Morgan fingerprint density at radius 2 is 1.78 bits per heavy atom. The van der Waals surface area contributed by atoms with Crippen LogP contribution in [0.3, 0.4) is 0 Å². The molecule has 1 aliphatic carbocycles. The molecule has 2 N–H and O–H groups in total. The van der Waals surface area contributed by atoms with Gasteiger partial charge in [-0.2, -0.15) is 0 Å². The van der Waals surface area contributed by atoms with Crippen LogP contribution in [0, 0.1) is 11.8 Å². The van der Waals surface area contributed by atoms with Crippen LogP contribution in [0.5, 0.6) is 0 Å². The van der Waals surface area contributed by atoms with Crippen LogP contribution in [0.25, 0.3) is 0 Å². The number of hydrogen-bond acceptors (Lipinski definition) is 4. The molecule has 0 heterocycles. The molecule has 1 rings (SSSR count). The van der Waals surface area contributed by atoms with Crippen LogP contribution in [0.15, 0.2) is 0 Å². The molecule has 1 saturated carbocycles. The zero-order valence-corrected chi connectivity index (χ0v) is 14.5. The molecule has 2 amide bonds. The number of carbonyl (C=O) groups is 3. The van der Waals surface area contributed by atoms with Crippen molar-refractivity contribution in [3.05, 3.63) is 0 Å². The molecule has 1 aliphatic rings. The lowest BCUT2D eigenvalue weighted by Crippen LogP contribution is -2.50. The molecule has 0 radical (unpaired) electrons. The number of hydrogen-bond donors (Lipinski definition) is 2. The van der Waals surface area contributed by atoms with Crippen LogP contribution >= 0.6 is 0 Å². The average Bonchev–Trinajstić information content (AvgIpc) is 2.52. The van der Waals surface area contributed by atoms with Crippen molar-refractivity contribution in [2.45, 2.75) is 65.3 Å². The van der Waals surface area contributed by atoms with E-state index >= 15 is 0 Å². The van der Waals surface area contributed by atoms with Crippen LogP contribution in [0.1, 0.15) is 59.3 Å². The maximum Gasteiger partial charge on any atom is 0.325 e. The standard InChI is InChI=1S/C17H30N2O4/c1-4-23-15(20)11-18-17(22)14(10-12(2)3)19-16(21)13-8-6-5-7-9-13/h12-14H,4-11H2,1-3H3,(H,18,22)(H,19,21)/t14-/m1/s1. The van der Waals surface area contributed by atoms with Crippen LogP contribution in [0.4, 0.5) is 0 Å². The molecule has 0 aromatic rings. The fourth-order valence-electron chi connectivity index (χ4n) is 2.85. The number of carbonyl (C=O) groups excluding carboxylic acids is 3. The Morgan fingerprint density at radius 1 is 1.13 bits per heavy atom. The summed E-state index contributed by atoms with van der Waals surface area (Å²) in [5, 5.41) is 5.42. The lowest BCUT2D eigenvalue weighted by atomic mass is 9.88. The molecule has 0 saturated heterocycles. The lowest BCUT2D eigenvalue weighted by Gasteiger charge is -2.25. The quantitative estimate of drug-likeness (QED) is 0.666. The molecule has 0 bridgehead atoms. The van der Waals surface area contributed by atoms with Gasteiger partial charge < -0.3 is 15.4 Å². The minimum absolute atomic E-state index is 0.0104. The predicted octanol–water partition coefficient (Wildman–Crippen LogP) is 1.78. The second-order valence-corrected chi connectivity index (χ2v) is 6.55. The summed E-state index contributed by atoms with van der Waals surface area (Å²) in [6, 6.07) is -0.598. The molecular weight excluding hydrogens is 296 g/mol. The van der Waals surface area contributed by atoms with Gasteiger partial charge in [0.25, 0.3) is 0 Å². The number of esters is 1. The maximum atomic E-state index is 12.4. The molecule has 1 fully saturated rings. The summed E-state index contributed by atoms with van der Waals surface area (Å²) < 4.78 is 4.79. The van der Waals surface area contributed by atoms with E-state index in [2.05, 4.69) is 10.6 Å². The fraction of sp³-hybridized carbons (Fsp3) is 0.824. The van der Waals surface area contributed by atoms with Crippen LogP contribution in [0.2, 0.25) is 0 Å². The predicted molar refractivity (Wildman–Crippen MR) is 87.6 cm³/mol. The van der Waals surface area contributed by atoms with Gasteiger partial charge >= 0.3 is 5.97 Å². The maximum absolute atomic E-state index is 12.4. The first kappa shape index (κ1) is 19.5. The van der Waals surface area contributed by atoms with E-state index < -0.39 is 12.0 Å². The third kappa shape index (κ3) is 7.48. The van der Waals surface area contributed by atoms with Gasteiger partial charge in [-0.15, -0.1) is 0 Å². The first-order valence-corrected chi connectivity index (χ1v) is 8.67. The van der Waals surface area contributed by atoms with E-state index in [0.717, 1.165) is 25.7 Å². The van der Waals surface area contributed by atoms with Crippen LogP contribution in [-0.2, 0) is 19.1 Å². The SMILES string of the molecule is CCOC(=O)CNC(=O)[C@@H](CC(C)C)NC(=O)C1CCCCC1. The van der Waals surface area contributed by atoms with Gasteiger partial charge in [0.1, 0.15) is 12.6 Å². The van der Waals surface area contributed by atoms with E-state index in [9.17, 15) is 14.4 Å². The zero-order valence-electron chi connectivity index (χ0n) is 14.5. The normalized spacial score (nSPS) is 16.7. The second-order valence-electron chi connectivity index (χ2n) is 6.55. The van der Waals surface area contributed by atoms with Gasteiger partial charge in [-0.05, 0) is 32.1 Å². The first-order chi connectivity index (χ1) is 10.9. The summed E-state index contributed by atoms with van der Waals surface area (Å²) in [5.74, 6) is -0.559. The first-order valence-electron chi connectivity index (χ1n) is 8.67. The topological polar surface area (TPSA) is 84.5 Å². The van der Waals surface area contributed by atoms with Crippen LogP contribution < -0.4 is 10.6 Å². The summed E-state index contributed by atoms with van der Waals surface area (Å²) in [5.41, 5.74) is 0. The van der Waals surface area contributed by atoms with Crippen LogP contribution in [-0.4, -0.2) is 37.0 Å². The van der Waals surface area contributed by atoms with E-state index in [0.29, 0.717) is 6.42 Å². The Bertz CT molecular complexity index is 403. The van der Waals surface area contributed by atoms with Gasteiger partial charge in [-0.1, -0.05) is 33.1 Å². The number of nitrogens with one attached hydrogen (secondary N) is 2. The van der Waals surface area contributed by atoms with Crippen molar-refractivity contribution in [2.24, 2.45) is 11.8 Å². The smallest absolute Gasteiger partial charge is 0.325 e. The third-order valence-corrected chi connectivity index (χ3v) is 4.03. The summed E-state index contributed by atoms with van der Waals surface area (Å²) in [7, 11) is 0. The molecule has 23 heavy (non-hydrogen) atoms. The Morgan fingerprint density at radius 3 is 2.35 bits per heavy atom. The van der Waals surface area contributed by atoms with Crippen molar-refractivity contribution in [1.29, 1.82) is 0 Å². The van der Waals surface area contributed by atoms with Crippen molar-refractivity contribution in [2.75, 3.05) is 13.2 Å². The number of ether oxygens (including phenoxy) is 1. The monoisotopic (exact) mass is 326 g/mol. The molecule has 0 aromatic heterocycles. The van der Waals surface area contributed by atoms with Gasteiger partial charge in [0, 0.05) is 5.92 Å². The summed E-state index contributed by atoms with van der Waals surface area (Å²) in [6.45, 7) is 5.82. The summed E-state index contributed by atoms with van der Waals surface area (Å²) in [6.07, 6.45) is 5.66. The fourth-order valence-corrected chi connectivity index (χ4v) is 2.85. The van der Waals surface area contributed by atoms with E-state index in [4.69, 9.17) is 4.74 Å². The van der Waals surface area contributed by atoms with E-state index in [1.165, 1.54) is 6.42 Å². The molecule has 0 aliphatic heterocycles. The third-order valence-electron chi connectivity index (χ3n) is 4.03. The van der Waals surface area contributed by atoms with E-state index in [1.54, 1.807) is 6.92 Å². The highest BCUT2D eigenvalue weighted by atomic mass is 16.5. The van der Waals surface area contributed by atoms with Gasteiger partial charge in [-0.25, -0.2) is 0 Å². The molecule has 132 valence electrons. The summed E-state index contributed by atoms with van der Waals surface area (Å²) >= 11 is 0. The summed E-state index contributed by atoms with van der Waals surface area (Å²) in [4.78, 5) is 36.0. The largest absolute Gasteiger partial charge is 0.465 e. The van der Waals surface area contributed by atoms with Gasteiger partial charge in [0.15, 0.2) is 0 Å². The van der Waals surface area contributed by atoms with Crippen molar-refractivity contribution in [3.8, 4) is 0 Å². The number of amides is 2. The van der Waals surface area contributed by atoms with E-state index in [-0.39, 0.29) is 36.8 Å². The van der Waals surface area contributed by atoms with Gasteiger partial charge in [0.05, 0.1) is 6.61 Å². The zero-order chi connectivity index (χ0) is 17.2. The highest BCUT2D eigenvalue weighted by Crippen LogP contribution is 2.24. The second kappa shape index (κ2) is 10.2. The Balaban J connectivity index is 2.54. The van der Waals surface area contributed by atoms with Gasteiger partial charge in [0.2, 0.25) is 11.8 Å². The molecule has 6 heteroatoms. The molecule has 0 unspecified atom stereocenters. The molecular formula is C17H30N2O4. The number of rotatable bonds is 8. The van der Waals surface area contributed by atoms with Gasteiger partial charge in [-0.3, -0.25) is 14.4 Å². The highest BCUT2D eigenvalue weighted by Gasteiger charge is 2.27. The molecule has 1 atom stereocenters. The molecule has 0 aromatic carbocycles. The van der Waals surface area contributed by atoms with Crippen molar-refractivity contribution in [3.63, 3.8) is 0 Å². The lowest BCUT2D eigenvalue weighted by molar-refractivity contribution is -0.143. The van der Waals surface area contributed by atoms with E-state index in [1.807, 2.05) is 13.8 Å². The molecule has 0 spiro atoms. The average molecular weight is 326 g/mol. The minimum Gasteiger partial charge on any atom is -0.465 e. The molecule has 6 nitrogen and oxygen atoms in total. The Kier molecular flexibility index (Phi) is 8.66. The van der Waals surface area contributed by atoms with Crippen molar-refractivity contribution in [1.82, 2.24) is 10.6 Å². The van der Waals surface area contributed by atoms with Crippen molar-refractivity contribution >= 4 is 17.8 Å². The Labute approximate surface area is 138 Å². The minimum atomic E-state index is -0.598.